The Kier molecular flexibility index (Phi) is 13.9. The van der Waals surface area contributed by atoms with E-state index in [2.05, 4.69) is 34.0 Å². The summed E-state index contributed by atoms with van der Waals surface area (Å²) in [5.74, 6) is -1.01. The average Bonchev–Trinajstić information content (AvgIpc) is 2.80. The second-order valence-corrected chi connectivity index (χ2v) is 8.59. The first kappa shape index (κ1) is 29.1. The highest BCUT2D eigenvalue weighted by Gasteiger charge is 2.21. The molecule has 2 N–H and O–H groups in total. The SMILES string of the molecule is CC.CCC.Cc1ccc(C(O)CNc2cc(N3CCN(SC(F)F)CC3)ncn2)c(C)c1. The molecular formula is C24H39F2N5OS. The fourth-order valence-corrected chi connectivity index (χ4v) is 3.86. The zero-order valence-corrected chi connectivity index (χ0v) is 21.5. The van der Waals surface area contributed by atoms with Crippen LogP contribution in [0.4, 0.5) is 20.4 Å². The summed E-state index contributed by atoms with van der Waals surface area (Å²) >= 11 is 0.587. The molecule has 1 saturated heterocycles. The normalized spacial score (nSPS) is 14.7. The lowest BCUT2D eigenvalue weighted by atomic mass is 10.0. The van der Waals surface area contributed by atoms with Crippen LogP contribution in [0.3, 0.4) is 0 Å². The number of aliphatic hydroxyl groups excluding tert-OH is 1. The van der Waals surface area contributed by atoms with E-state index >= 15 is 0 Å². The molecule has 0 amide bonds. The van der Waals surface area contributed by atoms with E-state index in [0.29, 0.717) is 50.5 Å². The van der Waals surface area contributed by atoms with E-state index in [1.807, 2.05) is 52.0 Å². The van der Waals surface area contributed by atoms with Gasteiger partial charge in [0.05, 0.1) is 6.10 Å². The summed E-state index contributed by atoms with van der Waals surface area (Å²) in [6.07, 6.45) is 2.08. The minimum Gasteiger partial charge on any atom is -0.387 e. The number of alkyl halides is 2. The first-order chi connectivity index (χ1) is 15.8. The maximum absolute atomic E-state index is 12.5. The molecule has 0 radical (unpaired) electrons. The lowest BCUT2D eigenvalue weighted by Gasteiger charge is -2.34. The summed E-state index contributed by atoms with van der Waals surface area (Å²) in [4.78, 5) is 10.6. The van der Waals surface area contributed by atoms with E-state index in [4.69, 9.17) is 0 Å². The first-order valence-corrected chi connectivity index (χ1v) is 12.4. The molecule has 0 aliphatic carbocycles. The molecule has 6 nitrogen and oxygen atoms in total. The lowest BCUT2D eigenvalue weighted by Crippen LogP contribution is -2.44. The summed E-state index contributed by atoms with van der Waals surface area (Å²) in [5, 5.41) is 13.6. The molecule has 2 aromatic rings. The molecule has 1 fully saturated rings. The zero-order chi connectivity index (χ0) is 24.8. The molecule has 0 bridgehead atoms. The van der Waals surface area contributed by atoms with Crippen LogP contribution in [-0.4, -0.2) is 57.9 Å². The molecule has 1 aliphatic rings. The van der Waals surface area contributed by atoms with Crippen molar-refractivity contribution in [2.75, 3.05) is 42.9 Å². The molecule has 9 heteroatoms. The van der Waals surface area contributed by atoms with E-state index in [1.165, 1.54) is 12.7 Å². The number of aliphatic hydroxyl groups is 1. The topological polar surface area (TPSA) is 64.5 Å². The van der Waals surface area contributed by atoms with Crippen LogP contribution in [0.5, 0.6) is 0 Å². The van der Waals surface area contributed by atoms with Crippen LogP contribution in [0.2, 0.25) is 0 Å². The fraction of sp³-hybridized carbons (Fsp3) is 0.583. The Labute approximate surface area is 201 Å². The number of aromatic nitrogens is 2. The van der Waals surface area contributed by atoms with Gasteiger partial charge in [-0.2, -0.15) is 8.78 Å². The van der Waals surface area contributed by atoms with Crippen LogP contribution in [-0.2, 0) is 0 Å². The number of nitrogens with one attached hydrogen (secondary N) is 1. The molecule has 1 aromatic carbocycles. The summed E-state index contributed by atoms with van der Waals surface area (Å²) in [6.45, 7) is 14.9. The van der Waals surface area contributed by atoms with Gasteiger partial charge in [0.2, 0.25) is 0 Å². The summed E-state index contributed by atoms with van der Waals surface area (Å²) < 4.78 is 26.6. The van der Waals surface area contributed by atoms with E-state index in [-0.39, 0.29) is 0 Å². The number of hydrogen-bond donors (Lipinski definition) is 2. The van der Waals surface area contributed by atoms with Crippen molar-refractivity contribution in [2.45, 2.75) is 59.8 Å². The molecule has 3 rings (SSSR count). The van der Waals surface area contributed by atoms with Crippen LogP contribution in [0.1, 0.15) is 56.9 Å². The van der Waals surface area contributed by atoms with E-state index in [1.54, 1.807) is 4.31 Å². The average molecular weight is 484 g/mol. The number of piperazine rings is 1. The number of aryl methyl sites for hydroxylation is 2. The Hall–Kier alpha value is -1.97. The number of hydrogen-bond acceptors (Lipinski definition) is 7. The van der Waals surface area contributed by atoms with Crippen LogP contribution in [0, 0.1) is 13.8 Å². The highest BCUT2D eigenvalue weighted by Crippen LogP contribution is 2.24. The van der Waals surface area contributed by atoms with Gasteiger partial charge in [0, 0.05) is 38.8 Å². The predicted molar refractivity (Wildman–Crippen MR) is 136 cm³/mol. The second kappa shape index (κ2) is 15.8. The van der Waals surface area contributed by atoms with Crippen LogP contribution < -0.4 is 10.2 Å². The largest absolute Gasteiger partial charge is 0.387 e. The molecule has 1 aromatic heterocycles. The van der Waals surface area contributed by atoms with Gasteiger partial charge in [0.25, 0.3) is 5.76 Å². The minimum absolute atomic E-state index is 0.333. The molecule has 1 aliphatic heterocycles. The maximum atomic E-state index is 12.5. The van der Waals surface area contributed by atoms with Crippen LogP contribution >= 0.6 is 11.9 Å². The van der Waals surface area contributed by atoms with Gasteiger partial charge in [-0.3, -0.25) is 0 Å². The Bertz CT molecular complexity index is 804. The standard InChI is InChI=1S/C19H25F2N5OS.C3H8.C2H6/c1-13-3-4-15(14(2)9-13)16(27)11-22-17-10-18(24-12-23-17)25-5-7-26(8-6-25)28-19(20)21;1-3-2;1-2/h3-4,9-10,12,16,19,27H,5-8,11H2,1-2H3,(H,22,23,24);3H2,1-2H3;1-2H3. The van der Waals surface area contributed by atoms with Crippen molar-refractivity contribution >= 4 is 23.6 Å². The Balaban J connectivity index is 0.00000101. The van der Waals surface area contributed by atoms with Crippen LogP contribution in [0.25, 0.3) is 0 Å². The summed E-state index contributed by atoms with van der Waals surface area (Å²) in [7, 11) is 0. The first-order valence-electron chi connectivity index (χ1n) is 11.6. The third-order valence-electron chi connectivity index (χ3n) is 4.70. The predicted octanol–water partition coefficient (Wildman–Crippen LogP) is 5.67. The van der Waals surface area contributed by atoms with Crippen molar-refractivity contribution in [3.63, 3.8) is 0 Å². The maximum Gasteiger partial charge on any atom is 0.298 e. The van der Waals surface area contributed by atoms with E-state index < -0.39 is 11.9 Å². The van der Waals surface area contributed by atoms with Crippen molar-refractivity contribution in [3.05, 3.63) is 47.3 Å². The van der Waals surface area contributed by atoms with Crippen LogP contribution in [0.15, 0.2) is 30.6 Å². The summed E-state index contributed by atoms with van der Waals surface area (Å²) in [5.41, 5.74) is 3.10. The Morgan fingerprint density at radius 1 is 1.06 bits per heavy atom. The van der Waals surface area contributed by atoms with Crippen molar-refractivity contribution in [1.29, 1.82) is 0 Å². The molecule has 186 valence electrons. The molecule has 0 saturated carbocycles. The van der Waals surface area contributed by atoms with Gasteiger partial charge in [-0.05, 0) is 36.9 Å². The second-order valence-electron chi connectivity index (χ2n) is 7.51. The number of halogens is 2. The Morgan fingerprint density at radius 2 is 1.70 bits per heavy atom. The zero-order valence-electron chi connectivity index (χ0n) is 20.7. The third-order valence-corrected chi connectivity index (χ3v) is 5.53. The van der Waals surface area contributed by atoms with Gasteiger partial charge in [0.1, 0.15) is 18.0 Å². The van der Waals surface area contributed by atoms with Crippen molar-refractivity contribution < 1.29 is 13.9 Å². The van der Waals surface area contributed by atoms with Gasteiger partial charge in [-0.15, -0.1) is 0 Å². The quantitative estimate of drug-likeness (QED) is 0.492. The van der Waals surface area contributed by atoms with E-state index in [0.717, 1.165) is 22.5 Å². The molecule has 0 spiro atoms. The molecular weight excluding hydrogens is 444 g/mol. The van der Waals surface area contributed by atoms with Crippen molar-refractivity contribution in [2.24, 2.45) is 0 Å². The van der Waals surface area contributed by atoms with Gasteiger partial charge in [0.15, 0.2) is 0 Å². The van der Waals surface area contributed by atoms with Gasteiger partial charge < -0.3 is 15.3 Å². The van der Waals surface area contributed by atoms with Crippen molar-refractivity contribution in [3.8, 4) is 0 Å². The minimum atomic E-state index is -2.38. The third kappa shape index (κ3) is 10.2. The molecule has 1 unspecified atom stereocenters. The fourth-order valence-electron chi connectivity index (χ4n) is 3.26. The highest BCUT2D eigenvalue weighted by atomic mass is 32.2. The molecule has 33 heavy (non-hydrogen) atoms. The number of rotatable bonds is 7. The van der Waals surface area contributed by atoms with Crippen molar-refractivity contribution in [1.82, 2.24) is 14.3 Å². The Morgan fingerprint density at radius 3 is 2.27 bits per heavy atom. The monoisotopic (exact) mass is 483 g/mol. The van der Waals surface area contributed by atoms with Gasteiger partial charge >= 0.3 is 0 Å². The number of benzene rings is 1. The number of nitrogens with zero attached hydrogens (tertiary/aromatic N) is 4. The van der Waals surface area contributed by atoms with Gasteiger partial charge in [-0.25, -0.2) is 14.3 Å². The smallest absolute Gasteiger partial charge is 0.298 e. The lowest BCUT2D eigenvalue weighted by molar-refractivity contribution is 0.191. The van der Waals surface area contributed by atoms with E-state index in [9.17, 15) is 13.9 Å². The molecule has 2 heterocycles. The molecule has 1 atom stereocenters. The number of anilines is 2. The highest BCUT2D eigenvalue weighted by molar-refractivity contribution is 7.97. The van der Waals surface area contributed by atoms with Gasteiger partial charge in [-0.1, -0.05) is 57.9 Å². The summed E-state index contributed by atoms with van der Waals surface area (Å²) in [6, 6.07) is 7.80.